The van der Waals surface area contributed by atoms with Gasteiger partial charge < -0.3 is 10.8 Å². The number of hydrogen-bond acceptors (Lipinski definition) is 2. The van der Waals surface area contributed by atoms with Gasteiger partial charge in [0.05, 0.1) is 0 Å². The Labute approximate surface area is 105 Å². The van der Waals surface area contributed by atoms with Gasteiger partial charge in [-0.3, -0.25) is 4.79 Å². The number of hydrogen-bond donors (Lipinski definition) is 2. The van der Waals surface area contributed by atoms with Crippen LogP contribution in [0.5, 0.6) is 0 Å². The maximum absolute atomic E-state index is 10.4. The van der Waals surface area contributed by atoms with E-state index < -0.39 is 12.0 Å². The molecule has 1 unspecified atom stereocenters. The molecule has 0 saturated carbocycles. The second kappa shape index (κ2) is 12.8. The Morgan fingerprint density at radius 1 is 1.06 bits per heavy atom. The summed E-state index contributed by atoms with van der Waals surface area (Å²) in [5.74, 6) is -0.877. The fourth-order valence-electron chi connectivity index (χ4n) is 1.62. The molecule has 3 N–H and O–H groups in total. The largest absolute Gasteiger partial charge is 0.480 e. The average molecular weight is 252 g/mol. The second-order valence-corrected chi connectivity index (χ2v) is 4.21. The Morgan fingerprint density at radius 2 is 1.50 bits per heavy atom. The number of carboxylic acid groups (broad SMARTS) is 1. The summed E-state index contributed by atoms with van der Waals surface area (Å²) in [6.07, 6.45) is 10.5. The molecule has 0 aromatic rings. The predicted molar refractivity (Wildman–Crippen MR) is 70.1 cm³/mol. The Kier molecular flexibility index (Phi) is 14.5. The van der Waals surface area contributed by atoms with Gasteiger partial charge in [0.2, 0.25) is 0 Å². The number of carbonyl (C=O) groups is 1. The van der Waals surface area contributed by atoms with Crippen LogP contribution in [0.1, 0.15) is 64.7 Å². The van der Waals surface area contributed by atoms with Crippen LogP contribution in [-0.2, 0) is 4.79 Å². The first-order valence-corrected chi connectivity index (χ1v) is 6.17. The second-order valence-electron chi connectivity index (χ2n) is 4.21. The molecule has 0 spiro atoms. The van der Waals surface area contributed by atoms with E-state index in [1.807, 2.05) is 0 Å². The number of rotatable bonds is 10. The molecule has 0 aliphatic heterocycles. The molecule has 0 heterocycles. The van der Waals surface area contributed by atoms with Crippen molar-refractivity contribution in [2.24, 2.45) is 5.73 Å². The Balaban J connectivity index is 0. The molecule has 0 aromatic carbocycles. The van der Waals surface area contributed by atoms with Crippen molar-refractivity contribution in [2.45, 2.75) is 70.8 Å². The van der Waals surface area contributed by atoms with E-state index in [1.54, 1.807) is 0 Å². The quantitative estimate of drug-likeness (QED) is 0.586. The van der Waals surface area contributed by atoms with Gasteiger partial charge >= 0.3 is 5.97 Å². The molecule has 0 bridgehead atoms. The highest BCUT2D eigenvalue weighted by Gasteiger charge is 2.09. The Hall–Kier alpha value is -0.280. The van der Waals surface area contributed by atoms with Gasteiger partial charge in [-0.25, -0.2) is 0 Å². The number of nitrogens with two attached hydrogens (primary N) is 1. The van der Waals surface area contributed by atoms with E-state index in [0.717, 1.165) is 12.8 Å². The minimum Gasteiger partial charge on any atom is -0.480 e. The van der Waals surface area contributed by atoms with Gasteiger partial charge in [-0.2, -0.15) is 0 Å². The topological polar surface area (TPSA) is 63.3 Å². The standard InChI is InChI=1S/C12H25NO2.ClH/c1-2-3-4-5-6-7-8-9-10-11(13)12(14)15;/h11H,2-10,13H2,1H3,(H,14,15);1H. The molecule has 98 valence electrons. The fraction of sp³-hybridized carbons (Fsp3) is 0.917. The van der Waals surface area contributed by atoms with Crippen molar-refractivity contribution >= 4 is 18.4 Å². The smallest absolute Gasteiger partial charge is 0.320 e. The van der Waals surface area contributed by atoms with Crippen molar-refractivity contribution in [2.75, 3.05) is 0 Å². The highest BCUT2D eigenvalue weighted by molar-refractivity contribution is 5.85. The lowest BCUT2D eigenvalue weighted by Gasteiger charge is -2.05. The highest BCUT2D eigenvalue weighted by atomic mass is 35.5. The lowest BCUT2D eigenvalue weighted by Crippen LogP contribution is -2.29. The number of unbranched alkanes of at least 4 members (excludes halogenated alkanes) is 7. The molecule has 0 amide bonds. The van der Waals surface area contributed by atoms with E-state index in [4.69, 9.17) is 10.8 Å². The van der Waals surface area contributed by atoms with Crippen molar-refractivity contribution in [1.82, 2.24) is 0 Å². The van der Waals surface area contributed by atoms with Crippen LogP contribution in [0.2, 0.25) is 0 Å². The number of carboxylic acids is 1. The molecule has 4 heteroatoms. The molecule has 0 aliphatic carbocycles. The van der Waals surface area contributed by atoms with E-state index in [0.29, 0.717) is 6.42 Å². The van der Waals surface area contributed by atoms with Gasteiger partial charge in [0.1, 0.15) is 6.04 Å². The van der Waals surface area contributed by atoms with E-state index >= 15 is 0 Å². The van der Waals surface area contributed by atoms with E-state index in [2.05, 4.69) is 6.92 Å². The van der Waals surface area contributed by atoms with Crippen LogP contribution >= 0.6 is 12.4 Å². The van der Waals surface area contributed by atoms with Crippen molar-refractivity contribution in [1.29, 1.82) is 0 Å². The lowest BCUT2D eigenvalue weighted by atomic mass is 10.1. The molecule has 0 rings (SSSR count). The summed E-state index contributed by atoms with van der Waals surface area (Å²) in [5, 5.41) is 8.56. The molecule has 1 atom stereocenters. The van der Waals surface area contributed by atoms with Crippen LogP contribution in [0, 0.1) is 0 Å². The fourth-order valence-corrected chi connectivity index (χ4v) is 1.62. The van der Waals surface area contributed by atoms with E-state index in [1.165, 1.54) is 38.5 Å². The zero-order valence-electron chi connectivity index (χ0n) is 10.3. The number of halogens is 1. The van der Waals surface area contributed by atoms with Gasteiger partial charge in [0.25, 0.3) is 0 Å². The van der Waals surface area contributed by atoms with Crippen LogP contribution in [0.15, 0.2) is 0 Å². The summed E-state index contributed by atoms with van der Waals surface area (Å²) in [6, 6.07) is -0.662. The third kappa shape index (κ3) is 11.8. The summed E-state index contributed by atoms with van der Waals surface area (Å²) >= 11 is 0. The zero-order chi connectivity index (χ0) is 11.5. The minimum atomic E-state index is -0.877. The molecule has 16 heavy (non-hydrogen) atoms. The summed E-state index contributed by atoms with van der Waals surface area (Å²) < 4.78 is 0. The van der Waals surface area contributed by atoms with Crippen LogP contribution in [-0.4, -0.2) is 17.1 Å². The third-order valence-corrected chi connectivity index (χ3v) is 2.69. The normalized spacial score (nSPS) is 11.9. The highest BCUT2D eigenvalue weighted by Crippen LogP contribution is 2.10. The predicted octanol–water partition coefficient (Wildman–Crippen LogP) is 3.35. The first kappa shape index (κ1) is 18.1. The molecule has 0 saturated heterocycles. The first-order valence-electron chi connectivity index (χ1n) is 6.17. The van der Waals surface area contributed by atoms with Crippen LogP contribution in [0.4, 0.5) is 0 Å². The van der Waals surface area contributed by atoms with Crippen molar-refractivity contribution in [3.8, 4) is 0 Å². The third-order valence-electron chi connectivity index (χ3n) is 2.69. The van der Waals surface area contributed by atoms with Crippen LogP contribution < -0.4 is 5.73 Å². The van der Waals surface area contributed by atoms with Gasteiger partial charge in [0.15, 0.2) is 0 Å². The Bertz CT molecular complexity index is 165. The van der Waals surface area contributed by atoms with Crippen molar-refractivity contribution < 1.29 is 9.90 Å². The SMILES string of the molecule is CCCCCCCCCCC(N)C(=O)O.Cl. The molecular weight excluding hydrogens is 226 g/mol. The van der Waals surface area contributed by atoms with E-state index in [9.17, 15) is 4.79 Å². The van der Waals surface area contributed by atoms with Gasteiger partial charge in [0, 0.05) is 0 Å². The molecule has 0 radical (unpaired) electrons. The molecule has 0 aliphatic rings. The van der Waals surface area contributed by atoms with Gasteiger partial charge in [-0.05, 0) is 6.42 Å². The average Bonchev–Trinajstić information content (AvgIpc) is 2.21. The van der Waals surface area contributed by atoms with Gasteiger partial charge in [-0.1, -0.05) is 58.3 Å². The zero-order valence-corrected chi connectivity index (χ0v) is 11.1. The van der Waals surface area contributed by atoms with E-state index in [-0.39, 0.29) is 12.4 Å². The minimum absolute atomic E-state index is 0. The summed E-state index contributed by atoms with van der Waals surface area (Å²) in [4.78, 5) is 10.4. The lowest BCUT2D eigenvalue weighted by molar-refractivity contribution is -0.138. The maximum Gasteiger partial charge on any atom is 0.320 e. The monoisotopic (exact) mass is 251 g/mol. The molecular formula is C12H26ClNO2. The Morgan fingerprint density at radius 3 is 1.94 bits per heavy atom. The van der Waals surface area contributed by atoms with Crippen LogP contribution in [0.3, 0.4) is 0 Å². The maximum atomic E-state index is 10.4. The summed E-state index contributed by atoms with van der Waals surface area (Å²) in [6.45, 7) is 2.22. The summed E-state index contributed by atoms with van der Waals surface area (Å²) in [7, 11) is 0. The van der Waals surface area contributed by atoms with Crippen LogP contribution in [0.25, 0.3) is 0 Å². The first-order chi connectivity index (χ1) is 7.18. The van der Waals surface area contributed by atoms with Crippen molar-refractivity contribution in [3.05, 3.63) is 0 Å². The van der Waals surface area contributed by atoms with Gasteiger partial charge in [-0.15, -0.1) is 12.4 Å². The molecule has 0 fully saturated rings. The van der Waals surface area contributed by atoms with Crippen molar-refractivity contribution in [3.63, 3.8) is 0 Å². The summed E-state index contributed by atoms with van der Waals surface area (Å²) in [5.41, 5.74) is 5.40. The molecule has 0 aromatic heterocycles. The molecule has 3 nitrogen and oxygen atoms in total. The number of aliphatic carboxylic acids is 1.